The normalized spacial score (nSPS) is 20.6. The van der Waals surface area contributed by atoms with Crippen LogP contribution in [-0.4, -0.2) is 39.5 Å². The molecule has 6 heteroatoms. The second-order valence-electron chi connectivity index (χ2n) is 4.61. The van der Waals surface area contributed by atoms with Gasteiger partial charge in [-0.25, -0.2) is 4.98 Å². The topological polar surface area (TPSA) is 51.1 Å². The maximum absolute atomic E-state index is 5.78. The summed E-state index contributed by atoms with van der Waals surface area (Å²) in [5, 5.41) is 3.04. The molecule has 0 aromatic carbocycles. The maximum Gasteiger partial charge on any atom is 0.123 e. The Morgan fingerprint density at radius 2 is 2.32 bits per heavy atom. The predicted molar refractivity (Wildman–Crippen MR) is 72.9 cm³/mol. The van der Waals surface area contributed by atoms with Crippen LogP contribution < -0.4 is 0 Å². The number of aromatic nitrogens is 3. The van der Waals surface area contributed by atoms with Gasteiger partial charge in [-0.1, -0.05) is 0 Å². The van der Waals surface area contributed by atoms with Crippen LogP contribution in [0, 0.1) is 6.92 Å². The molecule has 1 saturated heterocycles. The molecule has 0 bridgehead atoms. The molecule has 0 amide bonds. The van der Waals surface area contributed by atoms with Crippen LogP contribution in [0.3, 0.4) is 0 Å². The van der Waals surface area contributed by atoms with E-state index in [1.165, 1.54) is 0 Å². The van der Waals surface area contributed by atoms with Crippen LogP contribution in [-0.2, 0) is 11.3 Å². The minimum absolute atomic E-state index is 0.0900. The smallest absolute Gasteiger partial charge is 0.123 e. The van der Waals surface area contributed by atoms with Gasteiger partial charge in [-0.2, -0.15) is 0 Å². The number of nitrogens with zero attached hydrogens (tertiary/aromatic N) is 4. The van der Waals surface area contributed by atoms with Gasteiger partial charge in [0.2, 0.25) is 0 Å². The lowest BCUT2D eigenvalue weighted by molar-refractivity contribution is -0.0333. The first-order chi connectivity index (χ1) is 9.31. The monoisotopic (exact) mass is 276 g/mol. The van der Waals surface area contributed by atoms with Crippen LogP contribution in [0.1, 0.15) is 22.5 Å². The quantitative estimate of drug-likeness (QED) is 0.856. The molecule has 3 heterocycles. The Kier molecular flexibility index (Phi) is 3.82. The summed E-state index contributed by atoms with van der Waals surface area (Å²) in [5.41, 5.74) is 1.96. The van der Waals surface area contributed by atoms with Crippen molar-refractivity contribution in [3.8, 4) is 0 Å². The molecule has 0 spiro atoms. The Morgan fingerprint density at radius 3 is 3.05 bits per heavy atom. The molecule has 0 aliphatic carbocycles. The number of ether oxygens (including phenoxy) is 1. The van der Waals surface area contributed by atoms with E-state index in [4.69, 9.17) is 4.74 Å². The molecule has 1 atom stereocenters. The largest absolute Gasteiger partial charge is 0.368 e. The van der Waals surface area contributed by atoms with Crippen LogP contribution in [0.15, 0.2) is 24.0 Å². The Balaban J connectivity index is 1.64. The third-order valence-electron chi connectivity index (χ3n) is 3.10. The molecule has 0 unspecified atom stereocenters. The Morgan fingerprint density at radius 1 is 1.37 bits per heavy atom. The third kappa shape index (κ3) is 3.15. The minimum Gasteiger partial charge on any atom is -0.368 e. The standard InChI is InChI=1S/C13H16N4OS/c1-10-6-16-11(7-15-10)8-17-3-4-18-12(9-17)13-14-2-5-19-13/h2,5-7,12H,3-4,8-9H2,1H3/t12-/m0/s1. The molecule has 1 fully saturated rings. The van der Waals surface area contributed by atoms with Gasteiger partial charge in [0.1, 0.15) is 11.1 Å². The minimum atomic E-state index is 0.0900. The van der Waals surface area contributed by atoms with Crippen LogP contribution in [0.25, 0.3) is 0 Å². The van der Waals surface area contributed by atoms with Gasteiger partial charge in [0.05, 0.1) is 18.0 Å². The third-order valence-corrected chi connectivity index (χ3v) is 3.97. The lowest BCUT2D eigenvalue weighted by atomic mass is 10.2. The number of hydrogen-bond donors (Lipinski definition) is 0. The number of thiazole rings is 1. The van der Waals surface area contributed by atoms with E-state index in [-0.39, 0.29) is 6.10 Å². The average molecular weight is 276 g/mol. The highest BCUT2D eigenvalue weighted by atomic mass is 32.1. The van der Waals surface area contributed by atoms with E-state index in [1.54, 1.807) is 11.3 Å². The first kappa shape index (κ1) is 12.7. The summed E-state index contributed by atoms with van der Waals surface area (Å²) in [6.45, 7) is 5.30. The van der Waals surface area contributed by atoms with E-state index in [1.807, 2.05) is 30.9 Å². The Bertz CT molecular complexity index is 514. The molecule has 3 rings (SSSR count). The first-order valence-electron chi connectivity index (χ1n) is 6.32. The summed E-state index contributed by atoms with van der Waals surface area (Å²) in [6, 6.07) is 0. The molecule has 1 aliphatic rings. The lowest BCUT2D eigenvalue weighted by Crippen LogP contribution is -2.38. The molecule has 0 N–H and O–H groups in total. The van der Waals surface area contributed by atoms with Crippen LogP contribution in [0.4, 0.5) is 0 Å². The second kappa shape index (κ2) is 5.73. The molecular formula is C13H16N4OS. The van der Waals surface area contributed by atoms with Gasteiger partial charge < -0.3 is 4.74 Å². The number of rotatable bonds is 3. The molecule has 0 radical (unpaired) electrons. The van der Waals surface area contributed by atoms with Crippen molar-refractivity contribution in [3.63, 3.8) is 0 Å². The van der Waals surface area contributed by atoms with Crippen molar-refractivity contribution in [1.29, 1.82) is 0 Å². The highest BCUT2D eigenvalue weighted by molar-refractivity contribution is 7.09. The number of morpholine rings is 1. The number of aryl methyl sites for hydroxylation is 1. The van der Waals surface area contributed by atoms with E-state index >= 15 is 0 Å². The van der Waals surface area contributed by atoms with Crippen molar-refractivity contribution in [2.24, 2.45) is 0 Å². The summed E-state index contributed by atoms with van der Waals surface area (Å²) >= 11 is 1.65. The SMILES string of the molecule is Cc1cnc(CN2CCO[C@H](c3nccs3)C2)cn1. The van der Waals surface area contributed by atoms with E-state index in [0.717, 1.165) is 42.6 Å². The second-order valence-corrected chi connectivity index (χ2v) is 5.54. The molecule has 100 valence electrons. The Labute approximate surface area is 116 Å². The van der Waals surface area contributed by atoms with Crippen molar-refractivity contribution in [2.45, 2.75) is 19.6 Å². The van der Waals surface area contributed by atoms with Crippen LogP contribution in [0.2, 0.25) is 0 Å². The summed E-state index contributed by atoms with van der Waals surface area (Å²) in [5.74, 6) is 0. The summed E-state index contributed by atoms with van der Waals surface area (Å²) < 4.78 is 5.78. The van der Waals surface area contributed by atoms with Gasteiger partial charge >= 0.3 is 0 Å². The molecule has 19 heavy (non-hydrogen) atoms. The first-order valence-corrected chi connectivity index (χ1v) is 7.20. The summed E-state index contributed by atoms with van der Waals surface area (Å²) in [6.07, 6.45) is 5.58. The molecular weight excluding hydrogens is 260 g/mol. The van der Waals surface area contributed by atoms with Gasteiger partial charge in [0.15, 0.2) is 0 Å². The van der Waals surface area contributed by atoms with Crippen molar-refractivity contribution >= 4 is 11.3 Å². The van der Waals surface area contributed by atoms with Crippen molar-refractivity contribution in [1.82, 2.24) is 19.9 Å². The zero-order valence-corrected chi connectivity index (χ0v) is 11.6. The van der Waals surface area contributed by atoms with Crippen molar-refractivity contribution in [3.05, 3.63) is 40.4 Å². The van der Waals surface area contributed by atoms with Crippen molar-refractivity contribution in [2.75, 3.05) is 19.7 Å². The van der Waals surface area contributed by atoms with Gasteiger partial charge in [0.25, 0.3) is 0 Å². The predicted octanol–water partition coefficient (Wildman–Crippen LogP) is 1.82. The highest BCUT2D eigenvalue weighted by Crippen LogP contribution is 2.24. The van der Waals surface area contributed by atoms with Gasteiger partial charge in [-0.15, -0.1) is 11.3 Å². The zero-order chi connectivity index (χ0) is 13.1. The fraction of sp³-hybridized carbons (Fsp3) is 0.462. The zero-order valence-electron chi connectivity index (χ0n) is 10.8. The lowest BCUT2D eigenvalue weighted by Gasteiger charge is -2.31. The average Bonchev–Trinajstić information content (AvgIpc) is 2.96. The molecule has 2 aromatic rings. The number of hydrogen-bond acceptors (Lipinski definition) is 6. The van der Waals surface area contributed by atoms with E-state index in [0.29, 0.717) is 0 Å². The summed E-state index contributed by atoms with van der Waals surface area (Å²) in [4.78, 5) is 15.4. The molecule has 0 saturated carbocycles. The fourth-order valence-electron chi connectivity index (χ4n) is 2.12. The van der Waals surface area contributed by atoms with Crippen molar-refractivity contribution < 1.29 is 4.74 Å². The van der Waals surface area contributed by atoms with Gasteiger partial charge in [-0.3, -0.25) is 14.9 Å². The maximum atomic E-state index is 5.78. The fourth-order valence-corrected chi connectivity index (χ4v) is 2.80. The van der Waals surface area contributed by atoms with Crippen LogP contribution >= 0.6 is 11.3 Å². The molecule has 1 aliphatic heterocycles. The van der Waals surface area contributed by atoms with E-state index in [9.17, 15) is 0 Å². The highest BCUT2D eigenvalue weighted by Gasteiger charge is 2.23. The molecule has 5 nitrogen and oxygen atoms in total. The van der Waals surface area contributed by atoms with Gasteiger partial charge in [-0.05, 0) is 6.92 Å². The Hall–Kier alpha value is -1.37. The summed E-state index contributed by atoms with van der Waals surface area (Å²) in [7, 11) is 0. The van der Waals surface area contributed by atoms with E-state index < -0.39 is 0 Å². The van der Waals surface area contributed by atoms with E-state index in [2.05, 4.69) is 19.9 Å². The molecule has 2 aromatic heterocycles. The van der Waals surface area contributed by atoms with Crippen LogP contribution in [0.5, 0.6) is 0 Å². The van der Waals surface area contributed by atoms with Gasteiger partial charge in [0, 0.05) is 43.6 Å².